The number of carbonyl (C=O) groups is 1. The van der Waals surface area contributed by atoms with E-state index >= 15 is 0 Å². The molecule has 0 fully saturated rings. The topological polar surface area (TPSA) is 64.3 Å². The summed E-state index contributed by atoms with van der Waals surface area (Å²) in [6, 6.07) is 9.33. The van der Waals surface area contributed by atoms with Crippen molar-refractivity contribution in [3.8, 4) is 5.75 Å². The van der Waals surface area contributed by atoms with Crippen LogP contribution in [0.15, 0.2) is 36.5 Å². The lowest BCUT2D eigenvalue weighted by Gasteiger charge is -2.11. The lowest BCUT2D eigenvalue weighted by molar-refractivity contribution is 0.0522. The Hall–Kier alpha value is -3.08. The zero-order valence-electron chi connectivity index (χ0n) is 15.0. The van der Waals surface area contributed by atoms with Crippen LogP contribution in [0.3, 0.4) is 0 Å². The van der Waals surface area contributed by atoms with Gasteiger partial charge in [0.25, 0.3) is 0 Å². The largest absolute Gasteiger partial charge is 0.508 e. The van der Waals surface area contributed by atoms with Crippen molar-refractivity contribution >= 4 is 38.5 Å². The molecule has 0 saturated carbocycles. The van der Waals surface area contributed by atoms with E-state index in [1.165, 1.54) is 0 Å². The molecule has 0 amide bonds. The highest BCUT2D eigenvalue weighted by molar-refractivity contribution is 6.17. The van der Waals surface area contributed by atoms with Crippen LogP contribution in [-0.2, 0) is 11.3 Å². The lowest BCUT2D eigenvalue weighted by atomic mass is 10.00. The number of ether oxygens (including phenoxy) is 1. The number of fused-ring (bicyclic) bond motifs is 4. The average Bonchev–Trinajstić information content (AvgIpc) is 2.95. The number of pyridine rings is 1. The predicted octanol–water partition coefficient (Wildman–Crippen LogP) is 4.55. The molecule has 2 aromatic heterocycles. The SMILES string of the molecule is CCOC(=O)c1nccc2c(C)c3c(cc12)c1cc(O)ccc1n3CC. The Bertz CT molecular complexity index is 1170. The summed E-state index contributed by atoms with van der Waals surface area (Å²) in [6.45, 7) is 7.06. The molecule has 0 atom stereocenters. The van der Waals surface area contributed by atoms with Crippen molar-refractivity contribution in [3.63, 3.8) is 0 Å². The molecule has 0 saturated heterocycles. The molecule has 2 heterocycles. The molecular formula is C21H20N2O3. The molecule has 2 aromatic carbocycles. The minimum Gasteiger partial charge on any atom is -0.508 e. The third-order valence-corrected chi connectivity index (χ3v) is 4.91. The summed E-state index contributed by atoms with van der Waals surface area (Å²) in [6.07, 6.45) is 1.65. The molecule has 5 nitrogen and oxygen atoms in total. The zero-order chi connectivity index (χ0) is 18.4. The number of hydrogen-bond donors (Lipinski definition) is 1. The number of aryl methyl sites for hydroxylation is 2. The molecule has 132 valence electrons. The summed E-state index contributed by atoms with van der Waals surface area (Å²) >= 11 is 0. The number of aromatic hydroxyl groups is 1. The Kier molecular flexibility index (Phi) is 3.80. The highest BCUT2D eigenvalue weighted by Gasteiger charge is 2.19. The van der Waals surface area contributed by atoms with Crippen molar-refractivity contribution in [1.82, 2.24) is 9.55 Å². The first-order chi connectivity index (χ1) is 12.6. The van der Waals surface area contributed by atoms with Crippen LogP contribution < -0.4 is 0 Å². The van der Waals surface area contributed by atoms with Gasteiger partial charge in [0.2, 0.25) is 0 Å². The second kappa shape index (κ2) is 6.02. The van der Waals surface area contributed by atoms with E-state index in [9.17, 15) is 9.90 Å². The number of aromatic nitrogens is 2. The van der Waals surface area contributed by atoms with E-state index in [1.54, 1.807) is 25.3 Å². The molecule has 5 heteroatoms. The van der Waals surface area contributed by atoms with Crippen molar-refractivity contribution < 1.29 is 14.6 Å². The van der Waals surface area contributed by atoms with Gasteiger partial charge in [-0.1, -0.05) is 0 Å². The Labute approximate surface area is 150 Å². The minimum atomic E-state index is -0.418. The fourth-order valence-electron chi connectivity index (χ4n) is 3.83. The van der Waals surface area contributed by atoms with Gasteiger partial charge in [0.1, 0.15) is 5.75 Å². The van der Waals surface area contributed by atoms with E-state index in [2.05, 4.69) is 23.4 Å². The number of phenols is 1. The molecule has 26 heavy (non-hydrogen) atoms. The molecule has 0 spiro atoms. The maximum atomic E-state index is 12.4. The second-order valence-electron chi connectivity index (χ2n) is 6.32. The predicted molar refractivity (Wildman–Crippen MR) is 103 cm³/mol. The smallest absolute Gasteiger partial charge is 0.357 e. The normalized spacial score (nSPS) is 11.5. The van der Waals surface area contributed by atoms with Gasteiger partial charge in [-0.15, -0.1) is 0 Å². The van der Waals surface area contributed by atoms with E-state index in [0.717, 1.165) is 44.7 Å². The first kappa shape index (κ1) is 16.4. The summed E-state index contributed by atoms with van der Waals surface area (Å²) in [7, 11) is 0. The molecule has 0 aliphatic carbocycles. The molecule has 4 rings (SSSR count). The minimum absolute atomic E-state index is 0.224. The molecule has 4 aromatic rings. The molecule has 1 N–H and O–H groups in total. The monoisotopic (exact) mass is 348 g/mol. The molecule has 0 aliphatic heterocycles. The van der Waals surface area contributed by atoms with Crippen molar-refractivity contribution in [1.29, 1.82) is 0 Å². The number of hydrogen-bond acceptors (Lipinski definition) is 4. The number of esters is 1. The van der Waals surface area contributed by atoms with Gasteiger partial charge in [0, 0.05) is 34.4 Å². The van der Waals surface area contributed by atoms with Crippen molar-refractivity contribution in [3.05, 3.63) is 47.8 Å². The third kappa shape index (κ3) is 2.24. The highest BCUT2D eigenvalue weighted by Crippen LogP contribution is 2.37. The quantitative estimate of drug-likeness (QED) is 0.552. The molecule has 0 radical (unpaired) electrons. The summed E-state index contributed by atoms with van der Waals surface area (Å²) in [4.78, 5) is 16.6. The lowest BCUT2D eigenvalue weighted by Crippen LogP contribution is -2.08. The van der Waals surface area contributed by atoms with Gasteiger partial charge in [-0.25, -0.2) is 9.78 Å². The van der Waals surface area contributed by atoms with Crippen LogP contribution in [0.5, 0.6) is 5.75 Å². The van der Waals surface area contributed by atoms with Gasteiger partial charge in [-0.2, -0.15) is 0 Å². The fourth-order valence-corrected chi connectivity index (χ4v) is 3.83. The van der Waals surface area contributed by atoms with E-state index < -0.39 is 5.97 Å². The van der Waals surface area contributed by atoms with Gasteiger partial charge in [-0.05, 0) is 62.1 Å². The number of benzene rings is 2. The Morgan fingerprint density at radius 1 is 1.12 bits per heavy atom. The molecule has 0 aliphatic rings. The van der Waals surface area contributed by atoms with E-state index in [4.69, 9.17) is 4.74 Å². The number of nitrogens with zero attached hydrogens (tertiary/aromatic N) is 2. The van der Waals surface area contributed by atoms with Gasteiger partial charge < -0.3 is 14.4 Å². The standard InChI is InChI=1S/C21H20N2O3/c1-4-23-18-7-6-13(24)10-15(18)17-11-16-14(12(3)20(17)23)8-9-22-19(16)21(25)26-5-2/h6-11,24H,4-5H2,1-3H3. The highest BCUT2D eigenvalue weighted by atomic mass is 16.5. The first-order valence-corrected chi connectivity index (χ1v) is 8.77. The summed E-state index contributed by atoms with van der Waals surface area (Å²) in [5.41, 5.74) is 3.58. The maximum absolute atomic E-state index is 12.4. The number of phenolic OH excluding ortho intramolecular Hbond substituents is 1. The third-order valence-electron chi connectivity index (χ3n) is 4.91. The Balaban J connectivity index is 2.19. The average molecular weight is 348 g/mol. The fraction of sp³-hybridized carbons (Fsp3) is 0.238. The van der Waals surface area contributed by atoms with E-state index in [0.29, 0.717) is 12.3 Å². The van der Waals surface area contributed by atoms with E-state index in [-0.39, 0.29) is 5.75 Å². The Morgan fingerprint density at radius 2 is 1.92 bits per heavy atom. The van der Waals surface area contributed by atoms with Gasteiger partial charge >= 0.3 is 5.97 Å². The second-order valence-corrected chi connectivity index (χ2v) is 6.32. The Morgan fingerprint density at radius 3 is 2.65 bits per heavy atom. The summed E-state index contributed by atoms with van der Waals surface area (Å²) < 4.78 is 7.41. The molecular weight excluding hydrogens is 328 g/mol. The molecule has 0 bridgehead atoms. The molecule has 0 unspecified atom stereocenters. The van der Waals surface area contributed by atoms with Crippen LogP contribution >= 0.6 is 0 Å². The first-order valence-electron chi connectivity index (χ1n) is 8.77. The van der Waals surface area contributed by atoms with Crippen molar-refractivity contribution in [2.75, 3.05) is 6.61 Å². The van der Waals surface area contributed by atoms with Gasteiger partial charge in [-0.3, -0.25) is 0 Å². The van der Waals surface area contributed by atoms with Crippen LogP contribution in [0.4, 0.5) is 0 Å². The van der Waals surface area contributed by atoms with Crippen LogP contribution in [0.1, 0.15) is 29.9 Å². The number of rotatable bonds is 3. The van der Waals surface area contributed by atoms with Crippen LogP contribution in [0.2, 0.25) is 0 Å². The van der Waals surface area contributed by atoms with Crippen molar-refractivity contribution in [2.45, 2.75) is 27.3 Å². The maximum Gasteiger partial charge on any atom is 0.357 e. The summed E-state index contributed by atoms with van der Waals surface area (Å²) in [5, 5.41) is 13.7. The van der Waals surface area contributed by atoms with Gasteiger partial charge in [0.05, 0.1) is 12.1 Å². The van der Waals surface area contributed by atoms with E-state index in [1.807, 2.05) is 18.2 Å². The van der Waals surface area contributed by atoms with Crippen molar-refractivity contribution in [2.24, 2.45) is 0 Å². The van der Waals surface area contributed by atoms with Crippen LogP contribution in [0, 0.1) is 6.92 Å². The summed E-state index contributed by atoms with van der Waals surface area (Å²) in [5.74, 6) is -0.193. The van der Waals surface area contributed by atoms with Crippen LogP contribution in [0.25, 0.3) is 32.6 Å². The van der Waals surface area contributed by atoms with Gasteiger partial charge in [0.15, 0.2) is 5.69 Å². The zero-order valence-corrected chi connectivity index (χ0v) is 15.0. The van der Waals surface area contributed by atoms with Crippen LogP contribution in [-0.4, -0.2) is 27.2 Å². The number of carbonyl (C=O) groups excluding carboxylic acids is 1.